The lowest BCUT2D eigenvalue weighted by Crippen LogP contribution is -2.55. The number of hydrogen-bond donors (Lipinski definition) is 5. The molecule has 0 aliphatic carbocycles. The summed E-state index contributed by atoms with van der Waals surface area (Å²) in [6, 6.07) is 6.57. The molecule has 42 heavy (non-hydrogen) atoms. The summed E-state index contributed by atoms with van der Waals surface area (Å²) < 4.78 is 44.5. The highest BCUT2D eigenvalue weighted by atomic mass is 35.5. The Bertz CT molecular complexity index is 1230. The Kier molecular flexibility index (Phi) is 10.1. The summed E-state index contributed by atoms with van der Waals surface area (Å²) >= 11 is 6.16. The Morgan fingerprint density at radius 3 is 2.69 bits per heavy atom. The molecular weight excluding hydrogens is 581 g/mol. The fourth-order valence-electron chi connectivity index (χ4n) is 6.99. The van der Waals surface area contributed by atoms with E-state index in [9.17, 15) is 13.9 Å². The third-order valence-corrected chi connectivity index (χ3v) is 11.3. The van der Waals surface area contributed by atoms with Crippen LogP contribution in [0, 0.1) is 11.7 Å². The summed E-state index contributed by atoms with van der Waals surface area (Å²) in [5.74, 6) is -0.780. The lowest BCUT2D eigenvalue weighted by Gasteiger charge is -2.49. The van der Waals surface area contributed by atoms with E-state index < -0.39 is 28.5 Å². The third-order valence-electron chi connectivity index (χ3n) is 8.97. The minimum absolute atomic E-state index is 0.0370. The van der Waals surface area contributed by atoms with Crippen LogP contribution in [0.25, 0.3) is 0 Å². The minimum atomic E-state index is -2.87. The maximum absolute atomic E-state index is 15.2. The van der Waals surface area contributed by atoms with E-state index in [0.29, 0.717) is 35.8 Å². The highest BCUT2D eigenvalue weighted by molar-refractivity contribution is 8.22. The van der Waals surface area contributed by atoms with Gasteiger partial charge in [0.25, 0.3) is 0 Å². The number of nitrogens with zero attached hydrogens (tertiary/aromatic N) is 2. The number of carbonyl (C=O) groups excluding carboxylic acids is 1. The summed E-state index contributed by atoms with van der Waals surface area (Å²) in [5.41, 5.74) is 8.24. The number of amides is 1. The molecule has 12 heteroatoms. The normalized spacial score (nSPS) is 31.4. The maximum atomic E-state index is 15.2. The van der Waals surface area contributed by atoms with Gasteiger partial charge in [0.05, 0.1) is 42.1 Å². The summed E-state index contributed by atoms with van der Waals surface area (Å²) in [4.78, 5) is 17.7. The largest absolute Gasteiger partial charge is 0.376 e. The molecule has 3 saturated heterocycles. The Balaban J connectivity index is 1.33. The fraction of sp³-hybridized carbons (Fsp3) is 0.600. The second-order valence-corrected chi connectivity index (χ2v) is 14.7. The number of halogens is 2. The number of piperazine rings is 1. The van der Waals surface area contributed by atoms with Crippen LogP contribution in [0.3, 0.4) is 0 Å². The van der Waals surface area contributed by atoms with Crippen molar-refractivity contribution in [2.24, 2.45) is 11.7 Å². The van der Waals surface area contributed by atoms with Crippen LogP contribution in [0.1, 0.15) is 63.0 Å². The number of carbonyl (C=O) groups is 1. The van der Waals surface area contributed by atoms with Crippen molar-refractivity contribution >= 4 is 34.0 Å². The first-order chi connectivity index (χ1) is 20.0. The van der Waals surface area contributed by atoms with Crippen molar-refractivity contribution in [3.05, 3.63) is 58.6 Å². The lowest BCUT2D eigenvalue weighted by molar-refractivity contribution is -0.119. The number of aromatic nitrogens is 1. The van der Waals surface area contributed by atoms with E-state index in [2.05, 4.69) is 15.6 Å². The molecule has 2 aromatic rings. The molecule has 3 aliphatic heterocycles. The van der Waals surface area contributed by atoms with E-state index in [0.717, 1.165) is 37.4 Å². The third kappa shape index (κ3) is 7.27. The van der Waals surface area contributed by atoms with Gasteiger partial charge >= 0.3 is 0 Å². The van der Waals surface area contributed by atoms with E-state index in [-0.39, 0.29) is 48.2 Å². The zero-order chi connectivity index (χ0) is 30.0. The van der Waals surface area contributed by atoms with Gasteiger partial charge in [0, 0.05) is 41.7 Å². The van der Waals surface area contributed by atoms with Crippen LogP contribution < -0.4 is 16.4 Å². The average molecular weight is 624 g/mol. The Morgan fingerprint density at radius 2 is 1.98 bits per heavy atom. The topological polar surface area (TPSA) is 133 Å². The molecule has 1 amide bonds. The molecule has 1 aromatic carbocycles. The molecule has 7 atom stereocenters. The number of benzene rings is 1. The Labute approximate surface area is 254 Å². The standard InChI is InChI=1S/C30H43ClFN5O4S/c1-18-12-21(13-19(2)41-18)28(20-5-7-22(31)8-6-20)29(33)30(38)36-27-16-34-15-26(32)25(27)10-9-24-14-35-23-4-3-11-42(39,40)37(24)17-23/h5-8,15-16,18-19,21,23-24,28-29,35,39-40H,3-4,9-14,17,33H2,1-2H3,(H,36,38)/t18?,19?,21?,23?,24?,28-,29+/m0/s1. The first-order valence-corrected chi connectivity index (χ1v) is 16.9. The lowest BCUT2D eigenvalue weighted by atomic mass is 9.74. The first kappa shape index (κ1) is 31.6. The van der Waals surface area contributed by atoms with Crippen LogP contribution in [-0.2, 0) is 16.0 Å². The average Bonchev–Trinajstić information content (AvgIpc) is 3.05. The van der Waals surface area contributed by atoms with Crippen molar-refractivity contribution in [2.75, 3.05) is 24.2 Å². The molecule has 0 radical (unpaired) electrons. The van der Waals surface area contributed by atoms with Crippen LogP contribution in [0.5, 0.6) is 0 Å². The monoisotopic (exact) mass is 623 g/mol. The van der Waals surface area contributed by atoms with E-state index in [1.165, 1.54) is 6.20 Å². The predicted molar refractivity (Wildman–Crippen MR) is 165 cm³/mol. The highest BCUT2D eigenvalue weighted by Gasteiger charge is 2.39. The van der Waals surface area contributed by atoms with E-state index in [1.807, 2.05) is 26.0 Å². The van der Waals surface area contributed by atoms with E-state index in [1.54, 1.807) is 16.4 Å². The number of hydrogen-bond acceptors (Lipinski definition) is 8. The van der Waals surface area contributed by atoms with E-state index in [4.69, 9.17) is 22.1 Å². The van der Waals surface area contributed by atoms with Crippen LogP contribution in [0.4, 0.5) is 10.1 Å². The molecular formula is C30H43ClFN5O4S. The molecule has 2 bridgehead atoms. The Morgan fingerprint density at radius 1 is 1.26 bits per heavy atom. The number of nitrogens with one attached hydrogen (secondary N) is 2. The second kappa shape index (κ2) is 13.4. The van der Waals surface area contributed by atoms with Gasteiger partial charge in [-0.1, -0.05) is 23.7 Å². The van der Waals surface area contributed by atoms with Gasteiger partial charge in [0.1, 0.15) is 5.82 Å². The number of ether oxygens (including phenoxy) is 1. The van der Waals surface area contributed by atoms with Crippen LogP contribution in [0.2, 0.25) is 5.02 Å². The summed E-state index contributed by atoms with van der Waals surface area (Å²) in [6.45, 7) is 5.21. The minimum Gasteiger partial charge on any atom is -0.376 e. The number of pyridine rings is 1. The van der Waals surface area contributed by atoms with Crippen molar-refractivity contribution < 1.29 is 23.0 Å². The SMILES string of the molecule is CC1CC([C@H](c2ccc(Cl)cc2)[C@@H](N)C(=O)Nc2cncc(F)c2CCC2CNC3CCCS(O)(O)N2C3)CC(C)O1. The summed E-state index contributed by atoms with van der Waals surface area (Å²) in [6.07, 6.45) is 6.61. The molecule has 3 aliphatic rings. The van der Waals surface area contributed by atoms with Crippen molar-refractivity contribution in [1.82, 2.24) is 14.6 Å². The molecule has 1 aromatic heterocycles. The second-order valence-electron chi connectivity index (χ2n) is 12.1. The molecule has 5 rings (SSSR count). The van der Waals surface area contributed by atoms with Crippen molar-refractivity contribution in [1.29, 1.82) is 0 Å². The van der Waals surface area contributed by atoms with Crippen molar-refractivity contribution in [3.8, 4) is 0 Å². The molecule has 5 unspecified atom stereocenters. The van der Waals surface area contributed by atoms with Crippen LogP contribution >= 0.6 is 22.4 Å². The van der Waals surface area contributed by atoms with Gasteiger partial charge in [-0.25, -0.2) is 8.70 Å². The van der Waals surface area contributed by atoms with Gasteiger partial charge in [-0.3, -0.25) is 18.9 Å². The van der Waals surface area contributed by atoms with Gasteiger partial charge in [0.15, 0.2) is 0 Å². The fourth-order valence-corrected chi connectivity index (χ4v) is 8.99. The van der Waals surface area contributed by atoms with E-state index >= 15 is 4.39 Å². The van der Waals surface area contributed by atoms with Crippen LogP contribution in [-0.4, -0.2) is 73.5 Å². The van der Waals surface area contributed by atoms with Crippen molar-refractivity contribution in [2.45, 2.75) is 88.6 Å². The van der Waals surface area contributed by atoms with Gasteiger partial charge in [-0.2, -0.15) is 0 Å². The van der Waals surface area contributed by atoms with Gasteiger partial charge in [-0.15, -0.1) is 10.8 Å². The molecule has 3 fully saturated rings. The number of rotatable bonds is 8. The molecule has 0 spiro atoms. The molecule has 4 heterocycles. The number of fused-ring (bicyclic) bond motifs is 2. The Hall–Kier alpha value is -1.83. The summed E-state index contributed by atoms with van der Waals surface area (Å²) in [5, 5.41) is 6.99. The molecule has 232 valence electrons. The van der Waals surface area contributed by atoms with Gasteiger partial charge in [-0.05, 0) is 76.0 Å². The van der Waals surface area contributed by atoms with Gasteiger partial charge in [0.2, 0.25) is 5.91 Å². The van der Waals surface area contributed by atoms with Gasteiger partial charge < -0.3 is 21.1 Å². The highest BCUT2D eigenvalue weighted by Crippen LogP contribution is 2.49. The zero-order valence-corrected chi connectivity index (χ0v) is 25.8. The zero-order valence-electron chi connectivity index (χ0n) is 24.2. The smallest absolute Gasteiger partial charge is 0.241 e. The molecule has 9 nitrogen and oxygen atoms in total. The van der Waals surface area contributed by atoms with Crippen molar-refractivity contribution in [3.63, 3.8) is 0 Å². The number of nitrogens with two attached hydrogens (primary N) is 1. The molecule has 6 N–H and O–H groups in total. The molecule has 0 saturated carbocycles. The van der Waals surface area contributed by atoms with Crippen LogP contribution in [0.15, 0.2) is 36.7 Å². The summed E-state index contributed by atoms with van der Waals surface area (Å²) in [7, 11) is -2.87. The number of anilines is 1. The maximum Gasteiger partial charge on any atom is 0.241 e. The first-order valence-electron chi connectivity index (χ1n) is 14.9. The quantitative estimate of drug-likeness (QED) is 0.272. The predicted octanol–water partition coefficient (Wildman–Crippen LogP) is 5.16.